The zero-order chi connectivity index (χ0) is 10.8. The molecule has 2 N–H and O–H groups in total. The van der Waals surface area contributed by atoms with Gasteiger partial charge in [0.1, 0.15) is 0 Å². The number of benzene rings is 1. The average Bonchev–Trinajstić information content (AvgIpc) is 2.97. The molecule has 1 aromatic rings. The van der Waals surface area contributed by atoms with Gasteiger partial charge in [-0.2, -0.15) is 0 Å². The zero-order valence-electron chi connectivity index (χ0n) is 8.21. The van der Waals surface area contributed by atoms with Gasteiger partial charge >= 0.3 is 0 Å². The van der Waals surface area contributed by atoms with Gasteiger partial charge in [-0.1, -0.05) is 33.6 Å². The normalized spacial score (nSPS) is 17.8. The third kappa shape index (κ3) is 3.18. The van der Waals surface area contributed by atoms with E-state index in [0.29, 0.717) is 17.6 Å². The maximum absolute atomic E-state index is 9.91. The minimum absolute atomic E-state index is 0.522. The Labute approximate surface area is 103 Å². The quantitative estimate of drug-likeness (QED) is 0.894. The van der Waals surface area contributed by atoms with Gasteiger partial charge in [-0.25, -0.2) is 0 Å². The molecule has 1 unspecified atom stereocenters. The van der Waals surface area contributed by atoms with Gasteiger partial charge in [-0.3, -0.25) is 0 Å². The topological polar surface area (TPSA) is 32.3 Å². The van der Waals surface area contributed by atoms with E-state index >= 15 is 0 Å². The molecule has 1 aliphatic carbocycles. The van der Waals surface area contributed by atoms with E-state index in [2.05, 4.69) is 21.2 Å². The first-order chi connectivity index (χ1) is 7.16. The fourth-order valence-electron chi connectivity index (χ4n) is 1.45. The van der Waals surface area contributed by atoms with Crippen LogP contribution in [0.1, 0.15) is 24.5 Å². The maximum atomic E-state index is 9.91. The predicted molar refractivity (Wildman–Crippen MR) is 65.1 cm³/mol. The van der Waals surface area contributed by atoms with Crippen molar-refractivity contribution in [3.8, 4) is 0 Å². The van der Waals surface area contributed by atoms with Crippen LogP contribution < -0.4 is 5.32 Å². The molecule has 0 bridgehead atoms. The Morgan fingerprint density at radius 3 is 2.87 bits per heavy atom. The summed E-state index contributed by atoms with van der Waals surface area (Å²) in [6.07, 6.45) is 1.92. The second kappa shape index (κ2) is 4.83. The average molecular weight is 291 g/mol. The number of aliphatic hydroxyl groups excluding tert-OH is 1. The number of hydrogen-bond donors (Lipinski definition) is 2. The van der Waals surface area contributed by atoms with Gasteiger partial charge in [0.05, 0.1) is 6.10 Å². The smallest absolute Gasteiger partial charge is 0.0928 e. The molecule has 2 nitrogen and oxygen atoms in total. The van der Waals surface area contributed by atoms with Crippen molar-refractivity contribution in [1.29, 1.82) is 0 Å². The Hall–Kier alpha value is -0.0900. The van der Waals surface area contributed by atoms with E-state index in [4.69, 9.17) is 11.6 Å². The highest BCUT2D eigenvalue weighted by atomic mass is 79.9. The van der Waals surface area contributed by atoms with E-state index in [0.717, 1.165) is 10.0 Å². The Morgan fingerprint density at radius 1 is 1.53 bits per heavy atom. The van der Waals surface area contributed by atoms with Gasteiger partial charge in [-0.05, 0) is 25.0 Å². The van der Waals surface area contributed by atoms with E-state index in [-0.39, 0.29) is 0 Å². The van der Waals surface area contributed by atoms with E-state index in [9.17, 15) is 5.11 Å². The Morgan fingerprint density at radius 2 is 2.27 bits per heavy atom. The van der Waals surface area contributed by atoms with Crippen LogP contribution in [0.4, 0.5) is 0 Å². The lowest BCUT2D eigenvalue weighted by atomic mass is 10.1. The first-order valence-corrected chi connectivity index (χ1v) is 6.20. The van der Waals surface area contributed by atoms with Gasteiger partial charge in [-0.15, -0.1) is 0 Å². The summed E-state index contributed by atoms with van der Waals surface area (Å²) in [4.78, 5) is 0. The molecule has 1 aliphatic rings. The van der Waals surface area contributed by atoms with Gasteiger partial charge in [0.25, 0.3) is 0 Å². The molecule has 0 radical (unpaired) electrons. The molecule has 0 aromatic heterocycles. The molecule has 1 atom stereocenters. The molecule has 0 saturated heterocycles. The summed E-state index contributed by atoms with van der Waals surface area (Å²) in [6, 6.07) is 6.15. The van der Waals surface area contributed by atoms with Crippen LogP contribution >= 0.6 is 27.5 Å². The molecule has 4 heteroatoms. The van der Waals surface area contributed by atoms with Crippen LogP contribution in [0.2, 0.25) is 5.02 Å². The number of hydrogen-bond acceptors (Lipinski definition) is 2. The Bertz CT molecular complexity index is 354. The second-order valence-corrected chi connectivity index (χ2v) is 5.19. The van der Waals surface area contributed by atoms with Gasteiger partial charge in [0.15, 0.2) is 0 Å². The van der Waals surface area contributed by atoms with Crippen molar-refractivity contribution in [2.75, 3.05) is 6.54 Å². The van der Waals surface area contributed by atoms with Crippen molar-refractivity contribution in [1.82, 2.24) is 5.32 Å². The van der Waals surface area contributed by atoms with Crippen molar-refractivity contribution >= 4 is 27.5 Å². The van der Waals surface area contributed by atoms with Crippen molar-refractivity contribution in [3.63, 3.8) is 0 Å². The van der Waals surface area contributed by atoms with Crippen LogP contribution in [0.3, 0.4) is 0 Å². The predicted octanol–water partition coefficient (Wildman–Crippen LogP) is 2.89. The van der Waals surface area contributed by atoms with Crippen molar-refractivity contribution < 1.29 is 5.11 Å². The second-order valence-electron chi connectivity index (χ2n) is 3.86. The van der Waals surface area contributed by atoms with E-state index in [1.165, 1.54) is 12.8 Å². The van der Waals surface area contributed by atoms with Crippen LogP contribution in [-0.4, -0.2) is 17.7 Å². The molecule has 1 saturated carbocycles. The summed E-state index contributed by atoms with van der Waals surface area (Å²) < 4.78 is 0.929. The van der Waals surface area contributed by atoms with Crippen LogP contribution in [0, 0.1) is 0 Å². The summed E-state index contributed by atoms with van der Waals surface area (Å²) in [6.45, 7) is 0.575. The minimum Gasteiger partial charge on any atom is -0.387 e. The Balaban J connectivity index is 1.99. The van der Waals surface area contributed by atoms with Gasteiger partial charge in [0.2, 0.25) is 0 Å². The van der Waals surface area contributed by atoms with Crippen molar-refractivity contribution in [3.05, 3.63) is 33.3 Å². The molecular weight excluding hydrogens is 277 g/mol. The highest BCUT2D eigenvalue weighted by Crippen LogP contribution is 2.27. The summed E-state index contributed by atoms with van der Waals surface area (Å²) in [5.41, 5.74) is 0.785. The highest BCUT2D eigenvalue weighted by Gasteiger charge is 2.22. The SMILES string of the molecule is OC(CNC1CC1)c1ccc(Br)cc1Cl. The maximum Gasteiger partial charge on any atom is 0.0928 e. The largest absolute Gasteiger partial charge is 0.387 e. The molecule has 1 aromatic carbocycles. The molecule has 1 fully saturated rings. The molecule has 2 rings (SSSR count). The fraction of sp³-hybridized carbons (Fsp3) is 0.455. The molecule has 0 aliphatic heterocycles. The molecule has 0 amide bonds. The number of aliphatic hydroxyl groups is 1. The standard InChI is InChI=1S/C11H13BrClNO/c12-7-1-4-9(10(13)5-7)11(15)6-14-8-2-3-8/h1,4-5,8,11,14-15H,2-3,6H2. The molecular formula is C11H13BrClNO. The monoisotopic (exact) mass is 289 g/mol. The van der Waals surface area contributed by atoms with E-state index in [1.54, 1.807) is 6.07 Å². The molecule has 0 spiro atoms. The number of nitrogens with one attached hydrogen (secondary N) is 1. The van der Waals surface area contributed by atoms with E-state index in [1.807, 2.05) is 12.1 Å². The highest BCUT2D eigenvalue weighted by molar-refractivity contribution is 9.10. The lowest BCUT2D eigenvalue weighted by molar-refractivity contribution is 0.174. The fourth-order valence-corrected chi connectivity index (χ4v) is 2.25. The summed E-state index contributed by atoms with van der Waals surface area (Å²) in [7, 11) is 0. The van der Waals surface area contributed by atoms with Crippen molar-refractivity contribution in [2.24, 2.45) is 0 Å². The van der Waals surface area contributed by atoms with Crippen LogP contribution in [0.5, 0.6) is 0 Å². The van der Waals surface area contributed by atoms with Gasteiger partial charge in [0, 0.05) is 27.6 Å². The third-order valence-electron chi connectivity index (χ3n) is 2.50. The molecule has 15 heavy (non-hydrogen) atoms. The van der Waals surface area contributed by atoms with Crippen molar-refractivity contribution in [2.45, 2.75) is 25.0 Å². The number of rotatable bonds is 4. The molecule has 0 heterocycles. The van der Waals surface area contributed by atoms with E-state index < -0.39 is 6.10 Å². The van der Waals surface area contributed by atoms with Crippen LogP contribution in [-0.2, 0) is 0 Å². The van der Waals surface area contributed by atoms with Gasteiger partial charge < -0.3 is 10.4 Å². The summed E-state index contributed by atoms with van der Waals surface area (Å²) in [5.74, 6) is 0. The lowest BCUT2D eigenvalue weighted by Gasteiger charge is -2.13. The first-order valence-electron chi connectivity index (χ1n) is 5.03. The lowest BCUT2D eigenvalue weighted by Crippen LogP contribution is -2.23. The number of halogens is 2. The third-order valence-corrected chi connectivity index (χ3v) is 3.32. The van der Waals surface area contributed by atoms with Crippen LogP contribution in [0.15, 0.2) is 22.7 Å². The summed E-state index contributed by atoms with van der Waals surface area (Å²) >= 11 is 9.37. The zero-order valence-corrected chi connectivity index (χ0v) is 10.6. The van der Waals surface area contributed by atoms with Crippen LogP contribution in [0.25, 0.3) is 0 Å². The Kier molecular flexibility index (Phi) is 3.67. The minimum atomic E-state index is -0.522. The summed E-state index contributed by atoms with van der Waals surface area (Å²) in [5, 5.41) is 13.8. The molecule has 82 valence electrons. The first kappa shape index (κ1) is 11.4.